The zero-order chi connectivity index (χ0) is 12.1. The maximum absolute atomic E-state index is 10.8. The fraction of sp³-hybridized carbons (Fsp3) is 0.143. The summed E-state index contributed by atoms with van der Waals surface area (Å²) in [6.07, 6.45) is 0. The molecule has 2 nitrogen and oxygen atoms in total. The Morgan fingerprint density at radius 2 is 1.29 bits per heavy atom. The van der Waals surface area contributed by atoms with Gasteiger partial charge in [0.25, 0.3) is 0 Å². The lowest BCUT2D eigenvalue weighted by Crippen LogP contribution is -2.23. The second kappa shape index (κ2) is 5.42. The van der Waals surface area contributed by atoms with Crippen LogP contribution >= 0.6 is 7.72 Å². The third-order valence-corrected chi connectivity index (χ3v) is 5.16. The van der Waals surface area contributed by atoms with E-state index in [4.69, 9.17) is 4.52 Å². The second-order valence-electron chi connectivity index (χ2n) is 3.66. The number of hydrogen-bond donors (Lipinski definition) is 1. The van der Waals surface area contributed by atoms with Crippen LogP contribution in [0.5, 0.6) is 0 Å². The summed E-state index contributed by atoms with van der Waals surface area (Å²) in [5.74, 6) is 0. The smallest absolute Gasteiger partial charge is 0.209 e. The normalized spacial score (nSPS) is 11.4. The Bertz CT molecular complexity index is 417. The van der Waals surface area contributed by atoms with Gasteiger partial charge in [0.2, 0.25) is 0 Å². The van der Waals surface area contributed by atoms with Crippen LogP contribution in [0.25, 0.3) is 0 Å². The molecule has 2 aromatic carbocycles. The van der Waals surface area contributed by atoms with Gasteiger partial charge in [-0.1, -0.05) is 36.4 Å². The van der Waals surface area contributed by atoms with Gasteiger partial charge in [0.05, 0.1) is 6.61 Å². The summed E-state index contributed by atoms with van der Waals surface area (Å²) in [6.45, 7) is 2.39. The molecule has 88 valence electrons. The Balaban J connectivity index is 2.47. The molecule has 3 heteroatoms. The van der Waals surface area contributed by atoms with Crippen molar-refractivity contribution in [3.05, 3.63) is 60.7 Å². The molecule has 0 spiro atoms. The van der Waals surface area contributed by atoms with Crippen LogP contribution in [-0.2, 0) is 4.52 Å². The van der Waals surface area contributed by atoms with Crippen LogP contribution in [0.2, 0.25) is 0 Å². The van der Waals surface area contributed by atoms with Crippen molar-refractivity contribution >= 4 is 18.3 Å². The van der Waals surface area contributed by atoms with Crippen molar-refractivity contribution in [2.75, 3.05) is 6.61 Å². The minimum Gasteiger partial charge on any atom is -0.209 e. The molecule has 0 aromatic heterocycles. The van der Waals surface area contributed by atoms with Gasteiger partial charge in [-0.15, -0.1) is 0 Å². The molecule has 0 bridgehead atoms. The molecule has 2 rings (SSSR count). The van der Waals surface area contributed by atoms with Crippen LogP contribution in [0.3, 0.4) is 0 Å². The highest BCUT2D eigenvalue weighted by molar-refractivity contribution is 7.80. The van der Waals surface area contributed by atoms with E-state index in [-0.39, 0.29) is 0 Å². The second-order valence-corrected chi connectivity index (χ2v) is 6.11. The summed E-state index contributed by atoms with van der Waals surface area (Å²) < 4.78 is 5.67. The third-order valence-electron chi connectivity index (χ3n) is 2.53. The van der Waals surface area contributed by atoms with Crippen molar-refractivity contribution in [1.82, 2.24) is 0 Å². The molecule has 0 saturated carbocycles. The van der Waals surface area contributed by atoms with Crippen LogP contribution in [0.15, 0.2) is 60.7 Å². The van der Waals surface area contributed by atoms with Crippen LogP contribution < -0.4 is 10.6 Å². The van der Waals surface area contributed by atoms with Gasteiger partial charge >= 0.3 is 7.72 Å². The van der Waals surface area contributed by atoms with E-state index in [2.05, 4.69) is 0 Å². The van der Waals surface area contributed by atoms with Gasteiger partial charge in [0.15, 0.2) is 10.6 Å². The first-order chi connectivity index (χ1) is 8.27. The van der Waals surface area contributed by atoms with E-state index in [0.29, 0.717) is 6.61 Å². The highest BCUT2D eigenvalue weighted by Crippen LogP contribution is 2.52. The monoisotopic (exact) mass is 247 g/mol. The largest absolute Gasteiger partial charge is 0.336 e. The Hall–Kier alpha value is -1.21. The Kier molecular flexibility index (Phi) is 3.90. The fourth-order valence-electron chi connectivity index (χ4n) is 1.75. The summed E-state index contributed by atoms with van der Waals surface area (Å²) in [7, 11) is -2.67. The van der Waals surface area contributed by atoms with Gasteiger partial charge in [-0.05, 0) is 31.2 Å². The molecule has 1 N–H and O–H groups in total. The van der Waals surface area contributed by atoms with Crippen LogP contribution in [0.4, 0.5) is 0 Å². The Morgan fingerprint density at radius 1 is 0.882 bits per heavy atom. The van der Waals surface area contributed by atoms with Crippen LogP contribution in [0, 0.1) is 0 Å². The van der Waals surface area contributed by atoms with Crippen molar-refractivity contribution in [1.29, 1.82) is 0 Å². The predicted octanol–water partition coefficient (Wildman–Crippen LogP) is 2.51. The summed E-state index contributed by atoms with van der Waals surface area (Å²) in [5, 5.41) is 1.71. The van der Waals surface area contributed by atoms with Crippen molar-refractivity contribution in [3.8, 4) is 0 Å². The molecule has 0 aliphatic rings. The highest BCUT2D eigenvalue weighted by Gasteiger charge is 2.43. The van der Waals surface area contributed by atoms with E-state index >= 15 is 0 Å². The zero-order valence-corrected chi connectivity index (χ0v) is 10.7. The first-order valence-corrected chi connectivity index (χ1v) is 7.31. The van der Waals surface area contributed by atoms with E-state index in [0.717, 1.165) is 10.6 Å². The molecule has 2 aromatic rings. The van der Waals surface area contributed by atoms with Crippen molar-refractivity contribution < 1.29 is 9.42 Å². The van der Waals surface area contributed by atoms with E-state index < -0.39 is 7.72 Å². The maximum Gasteiger partial charge on any atom is 0.336 e. The number of benzene rings is 2. The summed E-state index contributed by atoms with van der Waals surface area (Å²) in [6, 6.07) is 19.2. The average molecular weight is 247 g/mol. The van der Waals surface area contributed by atoms with E-state index in [1.54, 1.807) is 0 Å². The fourth-order valence-corrected chi connectivity index (χ4v) is 3.87. The van der Waals surface area contributed by atoms with Crippen molar-refractivity contribution in [2.24, 2.45) is 0 Å². The first-order valence-electron chi connectivity index (χ1n) is 5.65. The van der Waals surface area contributed by atoms with Crippen LogP contribution in [-0.4, -0.2) is 11.5 Å². The van der Waals surface area contributed by atoms with Gasteiger partial charge in [0, 0.05) is 0 Å². The molecular weight excluding hydrogens is 231 g/mol. The molecule has 0 aliphatic heterocycles. The van der Waals surface area contributed by atoms with Crippen LogP contribution in [0.1, 0.15) is 6.92 Å². The zero-order valence-electron chi connectivity index (χ0n) is 9.78. The molecule has 0 unspecified atom stereocenters. The van der Waals surface area contributed by atoms with E-state index in [9.17, 15) is 4.89 Å². The minimum atomic E-state index is -2.67. The highest BCUT2D eigenvalue weighted by atomic mass is 31.2. The van der Waals surface area contributed by atoms with Gasteiger partial charge in [-0.3, -0.25) is 0 Å². The average Bonchev–Trinajstić information content (AvgIpc) is 2.41. The predicted molar refractivity (Wildman–Crippen MR) is 72.9 cm³/mol. The molecule has 0 saturated heterocycles. The molecule has 0 radical (unpaired) electrons. The molecule has 0 atom stereocenters. The van der Waals surface area contributed by atoms with Gasteiger partial charge in [-0.25, -0.2) is 4.89 Å². The lowest BCUT2D eigenvalue weighted by atomic mass is 10.4. The topological polar surface area (TPSA) is 29.5 Å². The Labute approximate surface area is 102 Å². The maximum atomic E-state index is 10.8. The molecule has 0 aliphatic carbocycles. The third kappa shape index (κ3) is 2.55. The molecule has 0 amide bonds. The lowest BCUT2D eigenvalue weighted by molar-refractivity contribution is 0.326. The van der Waals surface area contributed by atoms with Gasteiger partial charge in [0.1, 0.15) is 0 Å². The molecule has 0 heterocycles. The molecular formula is C14H16O2P+. The lowest BCUT2D eigenvalue weighted by Gasteiger charge is -2.17. The SMILES string of the molecule is CCO[P+](O)(c1ccccc1)c1ccccc1. The van der Waals surface area contributed by atoms with E-state index in [1.807, 2.05) is 67.6 Å². The summed E-state index contributed by atoms with van der Waals surface area (Å²) in [5.41, 5.74) is 0. The van der Waals surface area contributed by atoms with E-state index in [1.165, 1.54) is 0 Å². The van der Waals surface area contributed by atoms with Crippen molar-refractivity contribution in [2.45, 2.75) is 6.92 Å². The minimum absolute atomic E-state index is 0.494. The molecule has 17 heavy (non-hydrogen) atoms. The number of hydrogen-bond acceptors (Lipinski definition) is 2. The summed E-state index contributed by atoms with van der Waals surface area (Å²) in [4.78, 5) is 10.8. The quantitative estimate of drug-likeness (QED) is 0.841. The first kappa shape index (κ1) is 12.3. The molecule has 0 fully saturated rings. The van der Waals surface area contributed by atoms with Gasteiger partial charge in [-0.2, -0.15) is 4.52 Å². The number of rotatable bonds is 4. The summed E-state index contributed by atoms with van der Waals surface area (Å²) >= 11 is 0. The van der Waals surface area contributed by atoms with Gasteiger partial charge < -0.3 is 0 Å². The Morgan fingerprint density at radius 3 is 1.65 bits per heavy atom. The standard InChI is InChI=1S/C14H16O2P/c1-2-16-17(15,13-9-5-3-6-10-13)14-11-7-4-8-12-14/h3-12,15H,2H2,1H3/q+1. The van der Waals surface area contributed by atoms with Crippen molar-refractivity contribution in [3.63, 3.8) is 0 Å².